The maximum Gasteiger partial charge on any atom is 0.416 e. The Kier molecular flexibility index (Phi) is 7.24. The average molecular weight is 381 g/mol. The third-order valence-corrected chi connectivity index (χ3v) is 3.93. The van der Waals surface area contributed by atoms with Gasteiger partial charge in [0.25, 0.3) is 5.91 Å². The van der Waals surface area contributed by atoms with E-state index in [1.165, 1.54) is 12.1 Å². The highest BCUT2D eigenvalue weighted by Gasteiger charge is 2.30. The second-order valence-electron chi connectivity index (χ2n) is 6.52. The predicted molar refractivity (Wildman–Crippen MR) is 96.6 cm³/mol. The van der Waals surface area contributed by atoms with Crippen LogP contribution in [0.15, 0.2) is 48.5 Å². The molecule has 0 spiro atoms. The minimum absolute atomic E-state index is 0.132. The van der Waals surface area contributed by atoms with Gasteiger partial charge in [-0.2, -0.15) is 13.2 Å². The van der Waals surface area contributed by atoms with Gasteiger partial charge in [0, 0.05) is 5.56 Å². The number of rotatable bonds is 8. The molecule has 2 aromatic carbocycles. The van der Waals surface area contributed by atoms with Crippen molar-refractivity contribution in [1.29, 1.82) is 0 Å². The number of hydrogen-bond donors (Lipinski definition) is 2. The number of quaternary nitrogens is 1. The summed E-state index contributed by atoms with van der Waals surface area (Å²) in [5.41, 5.74) is 1.18. The zero-order valence-electron chi connectivity index (χ0n) is 15.4. The van der Waals surface area contributed by atoms with E-state index >= 15 is 0 Å². The van der Waals surface area contributed by atoms with E-state index in [9.17, 15) is 18.0 Å². The predicted octanol–water partition coefficient (Wildman–Crippen LogP) is 2.22. The third kappa shape index (κ3) is 7.30. The lowest BCUT2D eigenvalue weighted by molar-refractivity contribution is -0.885. The van der Waals surface area contributed by atoms with Crippen LogP contribution < -0.4 is 15.0 Å². The summed E-state index contributed by atoms with van der Waals surface area (Å²) in [5.74, 6) is 0.626. The van der Waals surface area contributed by atoms with Gasteiger partial charge in [0.1, 0.15) is 18.9 Å². The van der Waals surface area contributed by atoms with Crippen molar-refractivity contribution in [3.63, 3.8) is 0 Å². The van der Waals surface area contributed by atoms with Crippen LogP contribution in [0.4, 0.5) is 13.2 Å². The zero-order chi connectivity index (χ0) is 19.9. The molecule has 2 rings (SSSR count). The largest absolute Gasteiger partial charge is 0.492 e. The first-order chi connectivity index (χ1) is 12.7. The number of amides is 1. The van der Waals surface area contributed by atoms with E-state index < -0.39 is 11.7 Å². The molecule has 7 heteroatoms. The Morgan fingerprint density at radius 2 is 1.85 bits per heavy atom. The normalized spacial score (nSPS) is 12.5. The molecule has 0 fully saturated rings. The number of likely N-dealkylation sites (N-methyl/N-ethyl adjacent to an activating group) is 1. The van der Waals surface area contributed by atoms with Crippen molar-refractivity contribution >= 4 is 5.91 Å². The molecule has 1 atom stereocenters. The summed E-state index contributed by atoms with van der Waals surface area (Å²) in [6.07, 6.45) is -4.34. The summed E-state index contributed by atoms with van der Waals surface area (Å²) in [6, 6.07) is 12.7. The zero-order valence-corrected chi connectivity index (χ0v) is 15.4. The number of halogens is 3. The average Bonchev–Trinajstić information content (AvgIpc) is 2.58. The van der Waals surface area contributed by atoms with Gasteiger partial charge in [-0.3, -0.25) is 4.79 Å². The van der Waals surface area contributed by atoms with Gasteiger partial charge in [0.2, 0.25) is 0 Å². The molecule has 0 saturated carbocycles. The van der Waals surface area contributed by atoms with Crippen LogP contribution in [0.1, 0.15) is 16.7 Å². The van der Waals surface area contributed by atoms with Crippen LogP contribution in [-0.2, 0) is 17.5 Å². The van der Waals surface area contributed by atoms with Gasteiger partial charge in [-0.05, 0) is 36.8 Å². The van der Waals surface area contributed by atoms with Gasteiger partial charge in [-0.25, -0.2) is 0 Å². The van der Waals surface area contributed by atoms with Gasteiger partial charge in [-0.15, -0.1) is 0 Å². The summed E-state index contributed by atoms with van der Waals surface area (Å²) in [4.78, 5) is 12.8. The lowest BCUT2D eigenvalue weighted by Crippen LogP contribution is -3.08. The number of benzene rings is 2. The van der Waals surface area contributed by atoms with Crippen molar-refractivity contribution in [3.8, 4) is 5.75 Å². The Bertz CT molecular complexity index is 746. The summed E-state index contributed by atoms with van der Waals surface area (Å²) in [6.45, 7) is 3.42. The van der Waals surface area contributed by atoms with Crippen LogP contribution in [0.25, 0.3) is 0 Å². The molecule has 0 heterocycles. The van der Waals surface area contributed by atoms with E-state index in [2.05, 4.69) is 5.32 Å². The fraction of sp³-hybridized carbons (Fsp3) is 0.350. The molecule has 0 aromatic heterocycles. The molecule has 0 aliphatic rings. The highest BCUT2D eigenvalue weighted by molar-refractivity contribution is 5.76. The van der Waals surface area contributed by atoms with Gasteiger partial charge < -0.3 is 15.0 Å². The molecular weight excluding hydrogens is 357 g/mol. The Hall–Kier alpha value is -2.54. The number of ether oxygens (including phenoxy) is 1. The second kappa shape index (κ2) is 9.41. The quantitative estimate of drug-likeness (QED) is 0.689. The fourth-order valence-electron chi connectivity index (χ4n) is 2.62. The molecule has 1 unspecified atom stereocenters. The van der Waals surface area contributed by atoms with Crippen molar-refractivity contribution in [2.75, 3.05) is 26.7 Å². The van der Waals surface area contributed by atoms with Crippen molar-refractivity contribution < 1.29 is 27.6 Å². The van der Waals surface area contributed by atoms with Crippen LogP contribution in [0.3, 0.4) is 0 Å². The topological polar surface area (TPSA) is 42.8 Å². The second-order valence-corrected chi connectivity index (χ2v) is 6.52. The first-order valence-corrected chi connectivity index (χ1v) is 8.67. The number of aryl methyl sites for hydroxylation is 1. The molecule has 4 nitrogen and oxygen atoms in total. The SMILES string of the molecule is Cc1cccc(OCCNC(=O)C[NH+](C)Cc2ccc(C(F)(F)F)cc2)c1. The van der Waals surface area contributed by atoms with Crippen molar-refractivity contribution in [2.45, 2.75) is 19.6 Å². The van der Waals surface area contributed by atoms with E-state index in [1.54, 1.807) is 0 Å². The molecule has 0 radical (unpaired) electrons. The van der Waals surface area contributed by atoms with Crippen molar-refractivity contribution in [2.24, 2.45) is 0 Å². The summed E-state index contributed by atoms with van der Waals surface area (Å²) in [7, 11) is 1.82. The van der Waals surface area contributed by atoms with E-state index in [4.69, 9.17) is 4.74 Å². The first-order valence-electron chi connectivity index (χ1n) is 8.67. The van der Waals surface area contributed by atoms with Crippen LogP contribution >= 0.6 is 0 Å². The molecule has 2 aromatic rings. The molecule has 146 valence electrons. The van der Waals surface area contributed by atoms with Crippen LogP contribution in [-0.4, -0.2) is 32.7 Å². The lowest BCUT2D eigenvalue weighted by atomic mass is 10.1. The number of carbonyl (C=O) groups excluding carboxylic acids is 1. The minimum atomic E-state index is -4.34. The maximum absolute atomic E-state index is 12.6. The van der Waals surface area contributed by atoms with E-state index in [1.807, 2.05) is 38.2 Å². The molecule has 0 aliphatic heterocycles. The highest BCUT2D eigenvalue weighted by atomic mass is 19.4. The molecular formula is C20H24F3N2O2+. The first kappa shape index (κ1) is 20.8. The summed E-state index contributed by atoms with van der Waals surface area (Å²) < 4.78 is 43.2. The minimum Gasteiger partial charge on any atom is -0.492 e. The monoisotopic (exact) mass is 381 g/mol. The third-order valence-electron chi connectivity index (χ3n) is 3.93. The Morgan fingerprint density at radius 3 is 2.48 bits per heavy atom. The molecule has 1 amide bonds. The van der Waals surface area contributed by atoms with E-state index in [0.29, 0.717) is 19.7 Å². The maximum atomic E-state index is 12.6. The molecule has 0 bridgehead atoms. The number of alkyl halides is 3. The smallest absolute Gasteiger partial charge is 0.416 e. The fourth-order valence-corrected chi connectivity index (χ4v) is 2.62. The van der Waals surface area contributed by atoms with E-state index in [-0.39, 0.29) is 12.5 Å². The van der Waals surface area contributed by atoms with Gasteiger partial charge >= 0.3 is 6.18 Å². The highest BCUT2D eigenvalue weighted by Crippen LogP contribution is 2.28. The van der Waals surface area contributed by atoms with Crippen LogP contribution in [0, 0.1) is 6.92 Å². The van der Waals surface area contributed by atoms with Crippen molar-refractivity contribution in [3.05, 3.63) is 65.2 Å². The van der Waals surface area contributed by atoms with Crippen LogP contribution in [0.2, 0.25) is 0 Å². The molecule has 0 aliphatic carbocycles. The molecule has 27 heavy (non-hydrogen) atoms. The standard InChI is InChI=1S/C20H23F3N2O2/c1-15-4-3-5-18(12-15)27-11-10-24-19(26)14-25(2)13-16-6-8-17(9-7-16)20(21,22)23/h3-9,12H,10-11,13-14H2,1-2H3,(H,24,26)/p+1. The van der Waals surface area contributed by atoms with E-state index in [0.717, 1.165) is 33.9 Å². The number of nitrogens with one attached hydrogen (secondary N) is 2. The van der Waals surface area contributed by atoms with Crippen molar-refractivity contribution in [1.82, 2.24) is 5.32 Å². The van der Waals surface area contributed by atoms with Gasteiger partial charge in [0.15, 0.2) is 6.54 Å². The Balaban J connectivity index is 1.69. The molecule has 0 saturated heterocycles. The number of carbonyl (C=O) groups is 1. The van der Waals surface area contributed by atoms with Crippen LogP contribution in [0.5, 0.6) is 5.75 Å². The van der Waals surface area contributed by atoms with Gasteiger partial charge in [-0.1, -0.05) is 24.3 Å². The summed E-state index contributed by atoms with van der Waals surface area (Å²) in [5, 5.41) is 2.78. The Morgan fingerprint density at radius 1 is 1.15 bits per heavy atom. The Labute approximate surface area is 156 Å². The number of hydrogen-bond acceptors (Lipinski definition) is 2. The van der Waals surface area contributed by atoms with Gasteiger partial charge in [0.05, 0.1) is 19.2 Å². The lowest BCUT2D eigenvalue weighted by Gasteiger charge is -2.15. The molecule has 2 N–H and O–H groups in total. The summed E-state index contributed by atoms with van der Waals surface area (Å²) >= 11 is 0.